The summed E-state index contributed by atoms with van der Waals surface area (Å²) in [5.74, 6) is 1.36. The summed E-state index contributed by atoms with van der Waals surface area (Å²) in [5.41, 5.74) is 7.14. The van der Waals surface area contributed by atoms with Crippen molar-refractivity contribution in [2.24, 2.45) is 0 Å². The van der Waals surface area contributed by atoms with Gasteiger partial charge in [0.15, 0.2) is 5.82 Å². The van der Waals surface area contributed by atoms with E-state index in [1.165, 1.54) is 11.1 Å². The third-order valence-corrected chi connectivity index (χ3v) is 4.46. The maximum atomic E-state index is 4.79. The number of nitrogens with zero attached hydrogens (tertiary/aromatic N) is 4. The molecule has 4 aromatic rings. The molecule has 132 valence electrons. The van der Waals surface area contributed by atoms with Crippen molar-refractivity contribution in [3.63, 3.8) is 0 Å². The average molecular weight is 352 g/mol. The molecule has 0 fully saturated rings. The van der Waals surface area contributed by atoms with Gasteiger partial charge in [-0.25, -0.2) is 19.9 Å². The highest BCUT2D eigenvalue weighted by Gasteiger charge is 2.11. The quantitative estimate of drug-likeness (QED) is 0.509. The van der Waals surface area contributed by atoms with Crippen LogP contribution < -0.4 is 0 Å². The van der Waals surface area contributed by atoms with Crippen molar-refractivity contribution < 1.29 is 0 Å². The highest BCUT2D eigenvalue weighted by molar-refractivity contribution is 5.71. The Kier molecular flexibility index (Phi) is 4.47. The second-order valence-electron chi connectivity index (χ2n) is 6.71. The normalized spacial score (nSPS) is 10.8. The molecule has 0 N–H and O–H groups in total. The second kappa shape index (κ2) is 7.08. The number of hydrogen-bond donors (Lipinski definition) is 0. The minimum Gasteiger partial charge on any atom is -0.241 e. The Labute approximate surface area is 159 Å². The van der Waals surface area contributed by atoms with Crippen molar-refractivity contribution in [3.05, 3.63) is 83.9 Å². The summed E-state index contributed by atoms with van der Waals surface area (Å²) < 4.78 is 0. The molecule has 2 aromatic carbocycles. The molecule has 0 unspecified atom stereocenters. The largest absolute Gasteiger partial charge is 0.241 e. The minimum absolute atomic E-state index is 0.628. The molecule has 4 heteroatoms. The zero-order chi connectivity index (χ0) is 18.8. The number of aromatic nitrogens is 4. The molecule has 0 aliphatic heterocycles. The van der Waals surface area contributed by atoms with Crippen LogP contribution in [0.25, 0.3) is 33.9 Å². The lowest BCUT2D eigenvalue weighted by Crippen LogP contribution is -1.97. The molecule has 0 saturated carbocycles. The van der Waals surface area contributed by atoms with Crippen molar-refractivity contribution in [3.8, 4) is 33.9 Å². The topological polar surface area (TPSA) is 51.6 Å². The number of rotatable bonds is 3. The van der Waals surface area contributed by atoms with E-state index in [1.54, 1.807) is 12.4 Å². The minimum atomic E-state index is 0.628. The van der Waals surface area contributed by atoms with Gasteiger partial charge in [0.1, 0.15) is 5.82 Å². The van der Waals surface area contributed by atoms with Gasteiger partial charge < -0.3 is 0 Å². The van der Waals surface area contributed by atoms with Gasteiger partial charge in [-0.15, -0.1) is 0 Å². The van der Waals surface area contributed by atoms with Gasteiger partial charge in [0.2, 0.25) is 0 Å². The van der Waals surface area contributed by atoms with Crippen LogP contribution in [-0.4, -0.2) is 19.9 Å². The van der Waals surface area contributed by atoms with E-state index in [0.717, 1.165) is 33.9 Å². The van der Waals surface area contributed by atoms with Crippen LogP contribution >= 0.6 is 0 Å². The maximum Gasteiger partial charge on any atom is 0.163 e. The molecular formula is C23H20N4. The fraction of sp³-hybridized carbons (Fsp3) is 0.130. The van der Waals surface area contributed by atoms with Crippen LogP contribution in [0.5, 0.6) is 0 Å². The molecule has 27 heavy (non-hydrogen) atoms. The smallest absolute Gasteiger partial charge is 0.163 e. The van der Waals surface area contributed by atoms with Gasteiger partial charge in [0.05, 0.1) is 17.0 Å². The van der Waals surface area contributed by atoms with E-state index in [9.17, 15) is 0 Å². The summed E-state index contributed by atoms with van der Waals surface area (Å²) in [6.45, 7) is 6.03. The summed E-state index contributed by atoms with van der Waals surface area (Å²) in [7, 11) is 0. The summed E-state index contributed by atoms with van der Waals surface area (Å²) in [4.78, 5) is 18.2. The predicted octanol–water partition coefficient (Wildman–Crippen LogP) is 5.19. The molecular weight excluding hydrogens is 332 g/mol. The van der Waals surface area contributed by atoms with E-state index >= 15 is 0 Å². The summed E-state index contributed by atoms with van der Waals surface area (Å²) in [5, 5.41) is 0. The second-order valence-corrected chi connectivity index (χ2v) is 6.71. The maximum absolute atomic E-state index is 4.79. The van der Waals surface area contributed by atoms with Crippen LogP contribution in [0.3, 0.4) is 0 Å². The Morgan fingerprint density at radius 3 is 1.44 bits per heavy atom. The molecule has 0 atom stereocenters. The molecule has 0 spiro atoms. The summed E-state index contributed by atoms with van der Waals surface area (Å²) >= 11 is 0. The first-order valence-electron chi connectivity index (χ1n) is 8.91. The summed E-state index contributed by atoms with van der Waals surface area (Å²) in [6, 6.07) is 18.8. The van der Waals surface area contributed by atoms with Gasteiger partial charge >= 0.3 is 0 Å². The molecule has 4 nitrogen and oxygen atoms in total. The van der Waals surface area contributed by atoms with Crippen LogP contribution in [0.2, 0.25) is 0 Å². The molecule has 0 saturated heterocycles. The van der Waals surface area contributed by atoms with Crippen LogP contribution in [0.15, 0.2) is 67.0 Å². The van der Waals surface area contributed by atoms with Crippen LogP contribution in [-0.2, 0) is 0 Å². The Balaban J connectivity index is 1.89. The van der Waals surface area contributed by atoms with Crippen molar-refractivity contribution in [2.45, 2.75) is 20.8 Å². The van der Waals surface area contributed by atoms with Crippen molar-refractivity contribution in [1.29, 1.82) is 0 Å². The van der Waals surface area contributed by atoms with Crippen LogP contribution in [0.4, 0.5) is 0 Å². The van der Waals surface area contributed by atoms with Gasteiger partial charge in [-0.1, -0.05) is 59.7 Å². The Bertz CT molecular complexity index is 913. The third-order valence-electron chi connectivity index (χ3n) is 4.46. The standard InChI is InChI=1S/C23H20N4/c1-15-4-8-18(9-5-15)21-12-22(19-10-6-16(2)7-11-19)27-23(26-21)20-13-24-17(3)25-14-20/h4-14H,1-3H3. The number of benzene rings is 2. The van der Waals surface area contributed by atoms with E-state index in [2.05, 4.69) is 72.3 Å². The van der Waals surface area contributed by atoms with E-state index in [1.807, 2.05) is 13.0 Å². The monoisotopic (exact) mass is 352 g/mol. The average Bonchev–Trinajstić information content (AvgIpc) is 2.69. The predicted molar refractivity (Wildman–Crippen MR) is 108 cm³/mol. The highest BCUT2D eigenvalue weighted by Crippen LogP contribution is 2.27. The van der Waals surface area contributed by atoms with Crippen LogP contribution in [0, 0.1) is 20.8 Å². The molecule has 0 aliphatic carbocycles. The molecule has 2 heterocycles. The van der Waals surface area contributed by atoms with Gasteiger partial charge in [-0.3, -0.25) is 0 Å². The van der Waals surface area contributed by atoms with Gasteiger partial charge in [0.25, 0.3) is 0 Å². The lowest BCUT2D eigenvalue weighted by molar-refractivity contribution is 1.04. The fourth-order valence-corrected chi connectivity index (χ4v) is 2.83. The highest BCUT2D eigenvalue weighted by atomic mass is 14.9. The molecule has 0 aliphatic rings. The number of aryl methyl sites for hydroxylation is 3. The third kappa shape index (κ3) is 3.75. The summed E-state index contributed by atoms with van der Waals surface area (Å²) in [6.07, 6.45) is 3.55. The SMILES string of the molecule is Cc1ccc(-c2cc(-c3ccc(C)cc3)nc(-c3cnc(C)nc3)n2)cc1. The molecule has 0 amide bonds. The van der Waals surface area contributed by atoms with Gasteiger partial charge in [-0.2, -0.15) is 0 Å². The molecule has 0 radical (unpaired) electrons. The fourth-order valence-electron chi connectivity index (χ4n) is 2.83. The van der Waals surface area contributed by atoms with E-state index in [0.29, 0.717) is 5.82 Å². The molecule has 2 aromatic heterocycles. The first kappa shape index (κ1) is 17.0. The molecule has 4 rings (SSSR count). The van der Waals surface area contributed by atoms with Crippen molar-refractivity contribution >= 4 is 0 Å². The first-order valence-corrected chi connectivity index (χ1v) is 8.91. The van der Waals surface area contributed by atoms with E-state index < -0.39 is 0 Å². The Morgan fingerprint density at radius 1 is 0.556 bits per heavy atom. The number of hydrogen-bond acceptors (Lipinski definition) is 4. The van der Waals surface area contributed by atoms with Crippen LogP contribution in [0.1, 0.15) is 17.0 Å². The van der Waals surface area contributed by atoms with Gasteiger partial charge in [0, 0.05) is 23.5 Å². The van der Waals surface area contributed by atoms with E-state index in [-0.39, 0.29) is 0 Å². The van der Waals surface area contributed by atoms with Crippen molar-refractivity contribution in [2.75, 3.05) is 0 Å². The zero-order valence-corrected chi connectivity index (χ0v) is 15.6. The zero-order valence-electron chi connectivity index (χ0n) is 15.6. The van der Waals surface area contributed by atoms with Gasteiger partial charge in [-0.05, 0) is 26.8 Å². The van der Waals surface area contributed by atoms with Crippen molar-refractivity contribution in [1.82, 2.24) is 19.9 Å². The Hall–Kier alpha value is -3.40. The molecule has 0 bridgehead atoms. The lowest BCUT2D eigenvalue weighted by Gasteiger charge is -2.09. The van der Waals surface area contributed by atoms with E-state index in [4.69, 9.17) is 9.97 Å². The Morgan fingerprint density at radius 2 is 1.00 bits per heavy atom. The first-order chi connectivity index (χ1) is 13.1. The lowest BCUT2D eigenvalue weighted by atomic mass is 10.0.